The van der Waals surface area contributed by atoms with Crippen molar-refractivity contribution in [3.63, 3.8) is 0 Å². The Balaban J connectivity index is 2.09. The number of aryl methyl sites for hydroxylation is 1. The molecule has 1 amide bonds. The summed E-state index contributed by atoms with van der Waals surface area (Å²) < 4.78 is 25.9. The van der Waals surface area contributed by atoms with Crippen molar-refractivity contribution >= 4 is 44.8 Å². The molecule has 0 saturated carbocycles. The molecule has 0 saturated heterocycles. The molecule has 0 aliphatic heterocycles. The molecule has 28 heavy (non-hydrogen) atoms. The van der Waals surface area contributed by atoms with E-state index in [1.807, 2.05) is 30.3 Å². The summed E-state index contributed by atoms with van der Waals surface area (Å²) in [5.74, 6) is -0.341. The van der Waals surface area contributed by atoms with Crippen LogP contribution in [0.3, 0.4) is 0 Å². The second-order valence-corrected chi connectivity index (χ2v) is 9.14. The van der Waals surface area contributed by atoms with Gasteiger partial charge in [0.1, 0.15) is 6.04 Å². The van der Waals surface area contributed by atoms with E-state index in [0.29, 0.717) is 23.7 Å². The smallest absolute Gasteiger partial charge is 0.243 e. The van der Waals surface area contributed by atoms with Crippen molar-refractivity contribution in [1.29, 1.82) is 0 Å². The van der Waals surface area contributed by atoms with Crippen LogP contribution in [0.5, 0.6) is 0 Å². The van der Waals surface area contributed by atoms with Gasteiger partial charge in [0.15, 0.2) is 0 Å². The molecule has 5 nitrogen and oxygen atoms in total. The molecule has 0 fully saturated rings. The molecule has 8 heteroatoms. The summed E-state index contributed by atoms with van der Waals surface area (Å²) in [6.07, 6.45) is 2.98. The van der Waals surface area contributed by atoms with Gasteiger partial charge in [-0.15, -0.1) is 0 Å². The monoisotopic (exact) mass is 442 g/mol. The molecule has 1 N–H and O–H groups in total. The molecule has 0 heterocycles. The molecule has 152 valence electrons. The van der Waals surface area contributed by atoms with E-state index in [0.717, 1.165) is 23.4 Å². The number of anilines is 1. The van der Waals surface area contributed by atoms with Gasteiger partial charge in [0.2, 0.25) is 15.9 Å². The van der Waals surface area contributed by atoms with Crippen LogP contribution in [0.15, 0.2) is 48.5 Å². The number of hydrogen-bond donors (Lipinski definition) is 1. The van der Waals surface area contributed by atoms with Crippen LogP contribution >= 0.6 is 23.2 Å². The average Bonchev–Trinajstić information content (AvgIpc) is 2.65. The van der Waals surface area contributed by atoms with Crippen molar-refractivity contribution in [3.05, 3.63) is 64.1 Å². The minimum Gasteiger partial charge on any atom is -0.354 e. The summed E-state index contributed by atoms with van der Waals surface area (Å²) in [6, 6.07) is 13.6. The molecule has 0 aliphatic carbocycles. The van der Waals surface area contributed by atoms with E-state index in [-0.39, 0.29) is 10.9 Å². The standard InChI is InChI=1S/C20H24Cl2N2O3S/c1-3-19(20(25)23-13-7-10-15-8-5-4-6-9-15)24(28(2,26)27)16-11-12-17(21)18(22)14-16/h4-6,8-9,11-12,14,19H,3,7,10,13H2,1-2H3,(H,23,25). The maximum absolute atomic E-state index is 12.7. The predicted octanol–water partition coefficient (Wildman–Crippen LogP) is 4.29. The minimum atomic E-state index is -3.71. The molecule has 0 aromatic heterocycles. The first-order chi connectivity index (χ1) is 13.2. The highest BCUT2D eigenvalue weighted by Crippen LogP contribution is 2.30. The van der Waals surface area contributed by atoms with Crippen molar-refractivity contribution < 1.29 is 13.2 Å². The Morgan fingerprint density at radius 2 is 1.79 bits per heavy atom. The zero-order valence-electron chi connectivity index (χ0n) is 15.9. The van der Waals surface area contributed by atoms with Crippen LogP contribution in [0.25, 0.3) is 0 Å². The highest BCUT2D eigenvalue weighted by Gasteiger charge is 2.31. The second-order valence-electron chi connectivity index (χ2n) is 6.46. The number of amides is 1. The van der Waals surface area contributed by atoms with E-state index >= 15 is 0 Å². The molecule has 1 unspecified atom stereocenters. The fourth-order valence-electron chi connectivity index (χ4n) is 2.95. The summed E-state index contributed by atoms with van der Waals surface area (Å²) in [6.45, 7) is 2.23. The van der Waals surface area contributed by atoms with Crippen molar-refractivity contribution in [1.82, 2.24) is 5.32 Å². The first-order valence-corrected chi connectivity index (χ1v) is 11.6. The molecule has 0 radical (unpaired) electrons. The molecule has 2 aromatic carbocycles. The number of halogens is 2. The maximum atomic E-state index is 12.7. The summed E-state index contributed by atoms with van der Waals surface area (Å²) in [4.78, 5) is 12.7. The van der Waals surface area contributed by atoms with Gasteiger partial charge < -0.3 is 5.32 Å². The van der Waals surface area contributed by atoms with Gasteiger partial charge >= 0.3 is 0 Å². The third-order valence-corrected chi connectivity index (χ3v) is 6.19. The van der Waals surface area contributed by atoms with Crippen LogP contribution in [0.1, 0.15) is 25.3 Å². The number of sulfonamides is 1. The molecule has 0 spiro atoms. The zero-order chi connectivity index (χ0) is 20.7. The highest BCUT2D eigenvalue weighted by molar-refractivity contribution is 7.92. The van der Waals surface area contributed by atoms with Crippen LogP contribution in [0, 0.1) is 0 Å². The lowest BCUT2D eigenvalue weighted by Crippen LogP contribution is -2.49. The number of nitrogens with one attached hydrogen (secondary N) is 1. The maximum Gasteiger partial charge on any atom is 0.243 e. The van der Waals surface area contributed by atoms with Crippen molar-refractivity contribution in [2.45, 2.75) is 32.2 Å². The summed E-state index contributed by atoms with van der Waals surface area (Å²) in [7, 11) is -3.71. The number of rotatable bonds is 9. The number of benzene rings is 2. The van der Waals surface area contributed by atoms with Gasteiger partial charge in [0.05, 0.1) is 22.0 Å². The third kappa shape index (κ3) is 6.12. The topological polar surface area (TPSA) is 66.5 Å². The summed E-state index contributed by atoms with van der Waals surface area (Å²) in [5, 5.41) is 3.39. The molecule has 2 rings (SSSR count). The van der Waals surface area contributed by atoms with Gasteiger partial charge in [0.25, 0.3) is 0 Å². The molecule has 1 atom stereocenters. The number of hydrogen-bond acceptors (Lipinski definition) is 3. The summed E-state index contributed by atoms with van der Waals surface area (Å²) >= 11 is 12.0. The third-order valence-electron chi connectivity index (χ3n) is 4.27. The van der Waals surface area contributed by atoms with Gasteiger partial charge in [0, 0.05) is 6.54 Å². The van der Waals surface area contributed by atoms with Gasteiger partial charge in [-0.3, -0.25) is 9.10 Å². The average molecular weight is 443 g/mol. The Bertz CT molecular complexity index is 905. The number of carbonyl (C=O) groups excluding carboxylic acids is 1. The zero-order valence-corrected chi connectivity index (χ0v) is 18.2. The van der Waals surface area contributed by atoms with Crippen LogP contribution in [0.4, 0.5) is 5.69 Å². The molecular formula is C20H24Cl2N2O3S. The largest absolute Gasteiger partial charge is 0.354 e. The summed E-state index contributed by atoms with van der Waals surface area (Å²) in [5.41, 5.74) is 1.50. The van der Waals surface area contributed by atoms with E-state index in [9.17, 15) is 13.2 Å². The van der Waals surface area contributed by atoms with Crippen molar-refractivity contribution in [2.75, 3.05) is 17.1 Å². The molecule has 0 aliphatic rings. The lowest BCUT2D eigenvalue weighted by molar-refractivity contribution is -0.122. The van der Waals surface area contributed by atoms with Crippen LogP contribution in [0.2, 0.25) is 10.0 Å². The lowest BCUT2D eigenvalue weighted by Gasteiger charge is -2.30. The predicted molar refractivity (Wildman–Crippen MR) is 116 cm³/mol. The molecular weight excluding hydrogens is 419 g/mol. The van der Waals surface area contributed by atoms with E-state index in [1.165, 1.54) is 17.7 Å². The number of nitrogens with zero attached hydrogens (tertiary/aromatic N) is 1. The van der Waals surface area contributed by atoms with E-state index in [1.54, 1.807) is 13.0 Å². The molecule has 2 aromatic rings. The minimum absolute atomic E-state index is 0.228. The normalized spacial score (nSPS) is 12.4. The lowest BCUT2D eigenvalue weighted by atomic mass is 10.1. The second kappa shape index (κ2) is 10.1. The molecule has 0 bridgehead atoms. The first-order valence-electron chi connectivity index (χ1n) is 9.00. The number of carbonyl (C=O) groups is 1. The SMILES string of the molecule is CCC(C(=O)NCCCc1ccccc1)N(c1ccc(Cl)c(Cl)c1)S(C)(=O)=O. The van der Waals surface area contributed by atoms with Gasteiger partial charge in [-0.05, 0) is 43.0 Å². The van der Waals surface area contributed by atoms with Crippen molar-refractivity contribution in [3.8, 4) is 0 Å². The Morgan fingerprint density at radius 1 is 1.11 bits per heavy atom. The van der Waals surface area contributed by atoms with Crippen LogP contribution < -0.4 is 9.62 Å². The van der Waals surface area contributed by atoms with E-state index in [4.69, 9.17) is 23.2 Å². The van der Waals surface area contributed by atoms with Crippen LogP contribution in [-0.2, 0) is 21.2 Å². The fraction of sp³-hybridized carbons (Fsp3) is 0.350. The van der Waals surface area contributed by atoms with Gasteiger partial charge in [-0.1, -0.05) is 60.5 Å². The Morgan fingerprint density at radius 3 is 2.36 bits per heavy atom. The Hall–Kier alpha value is -1.76. The Labute approximate surface area is 176 Å². The van der Waals surface area contributed by atoms with E-state index in [2.05, 4.69) is 5.32 Å². The van der Waals surface area contributed by atoms with Crippen molar-refractivity contribution in [2.24, 2.45) is 0 Å². The fourth-order valence-corrected chi connectivity index (χ4v) is 4.44. The van der Waals surface area contributed by atoms with E-state index < -0.39 is 16.1 Å². The first kappa shape index (κ1) is 22.5. The Kier molecular flexibility index (Phi) is 8.16. The van der Waals surface area contributed by atoms with Gasteiger partial charge in [-0.25, -0.2) is 8.42 Å². The highest BCUT2D eigenvalue weighted by atomic mass is 35.5. The van der Waals surface area contributed by atoms with Crippen LogP contribution in [-0.4, -0.2) is 33.2 Å². The quantitative estimate of drug-likeness (QED) is 0.588. The van der Waals surface area contributed by atoms with Gasteiger partial charge in [-0.2, -0.15) is 0 Å².